The molecule has 4 rings (SSSR count). The molecular weight excluding hydrogens is 464 g/mol. The molecule has 0 aliphatic heterocycles. The van der Waals surface area contributed by atoms with Crippen molar-refractivity contribution in [3.8, 4) is 0 Å². The van der Waals surface area contributed by atoms with Crippen molar-refractivity contribution in [1.29, 1.82) is 0 Å². The Kier molecular flexibility index (Phi) is 7.07. The number of esters is 2. The van der Waals surface area contributed by atoms with E-state index in [0.717, 1.165) is 12.0 Å². The van der Waals surface area contributed by atoms with Crippen LogP contribution >= 0.6 is 0 Å². The Bertz CT molecular complexity index is 1010. The standard InChI is InChI=1S/C28H38O8/c1-16-12-19-20-7-10-28(23(32)15-35-17(2)29,36-24(33)8-11-34-5)27(20,4)14-22(31)25(19)26(3)9-6-18(30)13-21(16)26/h6,9,13,16,19-20,22,25,31H,7-8,10-12,14-15H2,1-5H3/t16?,19-,20-,22?,25+,26-,27-,28-/m0/s1. The van der Waals surface area contributed by atoms with Gasteiger partial charge in [-0.3, -0.25) is 19.2 Å². The summed E-state index contributed by atoms with van der Waals surface area (Å²) < 4.78 is 16.1. The van der Waals surface area contributed by atoms with Gasteiger partial charge in [0.05, 0.1) is 19.1 Å². The average molecular weight is 503 g/mol. The smallest absolute Gasteiger partial charge is 0.309 e. The lowest BCUT2D eigenvalue weighted by molar-refractivity contribution is -0.202. The third-order valence-electron chi connectivity index (χ3n) is 9.59. The zero-order valence-corrected chi connectivity index (χ0v) is 21.9. The van der Waals surface area contributed by atoms with E-state index in [2.05, 4.69) is 13.8 Å². The lowest BCUT2D eigenvalue weighted by Crippen LogP contribution is -2.63. The summed E-state index contributed by atoms with van der Waals surface area (Å²) in [5, 5.41) is 11.7. The van der Waals surface area contributed by atoms with Gasteiger partial charge in [0.25, 0.3) is 0 Å². The number of ketones is 2. The number of carbonyl (C=O) groups excluding carboxylic acids is 4. The van der Waals surface area contributed by atoms with Gasteiger partial charge in [-0.15, -0.1) is 0 Å². The summed E-state index contributed by atoms with van der Waals surface area (Å²) in [5.74, 6) is -1.51. The summed E-state index contributed by atoms with van der Waals surface area (Å²) >= 11 is 0. The molecular formula is C28H38O8. The monoisotopic (exact) mass is 502 g/mol. The Morgan fingerprint density at radius 1 is 1.22 bits per heavy atom. The molecule has 0 bridgehead atoms. The Morgan fingerprint density at radius 2 is 1.94 bits per heavy atom. The molecule has 1 N–H and O–H groups in total. The second-order valence-electron chi connectivity index (χ2n) is 11.5. The molecule has 0 aromatic rings. The van der Waals surface area contributed by atoms with Crippen molar-refractivity contribution in [2.45, 2.75) is 71.5 Å². The van der Waals surface area contributed by atoms with Crippen molar-refractivity contribution in [3.05, 3.63) is 23.8 Å². The highest BCUT2D eigenvalue weighted by molar-refractivity contribution is 6.01. The van der Waals surface area contributed by atoms with Gasteiger partial charge in [0.15, 0.2) is 18.0 Å². The molecule has 0 heterocycles. The zero-order chi connectivity index (χ0) is 26.5. The average Bonchev–Trinajstić information content (AvgIpc) is 3.09. The molecule has 8 heteroatoms. The van der Waals surface area contributed by atoms with Crippen LogP contribution in [0.25, 0.3) is 0 Å². The van der Waals surface area contributed by atoms with Gasteiger partial charge in [-0.2, -0.15) is 0 Å². The molecule has 3 saturated carbocycles. The molecule has 198 valence electrons. The molecule has 0 saturated heterocycles. The highest BCUT2D eigenvalue weighted by Crippen LogP contribution is 2.68. The van der Waals surface area contributed by atoms with Crippen LogP contribution in [-0.4, -0.2) is 60.6 Å². The van der Waals surface area contributed by atoms with Crippen LogP contribution in [0.2, 0.25) is 0 Å². The Hall–Kier alpha value is -2.32. The van der Waals surface area contributed by atoms with E-state index < -0.39 is 46.9 Å². The van der Waals surface area contributed by atoms with E-state index in [9.17, 15) is 24.3 Å². The molecule has 4 aliphatic carbocycles. The number of allylic oxidation sites excluding steroid dienone is 4. The molecule has 0 spiro atoms. The minimum Gasteiger partial charge on any atom is -0.458 e. The number of methoxy groups -OCH3 is 1. The predicted octanol–water partition coefficient (Wildman–Crippen LogP) is 2.96. The number of carbonyl (C=O) groups is 4. The minimum atomic E-state index is -1.50. The molecule has 0 aromatic carbocycles. The fraction of sp³-hybridized carbons (Fsp3) is 0.714. The Balaban J connectivity index is 1.73. The summed E-state index contributed by atoms with van der Waals surface area (Å²) in [5.41, 5.74) is -1.74. The summed E-state index contributed by atoms with van der Waals surface area (Å²) in [6.45, 7) is 7.07. The van der Waals surface area contributed by atoms with Crippen LogP contribution in [0.3, 0.4) is 0 Å². The number of ether oxygens (including phenoxy) is 3. The van der Waals surface area contributed by atoms with Crippen LogP contribution in [0.4, 0.5) is 0 Å². The van der Waals surface area contributed by atoms with Crippen LogP contribution in [-0.2, 0) is 33.4 Å². The molecule has 4 aliphatic rings. The van der Waals surface area contributed by atoms with E-state index >= 15 is 0 Å². The molecule has 3 fully saturated rings. The van der Waals surface area contributed by atoms with Gasteiger partial charge in [0, 0.05) is 30.8 Å². The van der Waals surface area contributed by atoms with E-state index in [-0.39, 0.29) is 48.9 Å². The predicted molar refractivity (Wildman–Crippen MR) is 130 cm³/mol. The van der Waals surface area contributed by atoms with Gasteiger partial charge in [-0.25, -0.2) is 0 Å². The van der Waals surface area contributed by atoms with Crippen molar-refractivity contribution in [1.82, 2.24) is 0 Å². The number of Topliss-reactive ketones (excluding diaryl/α,β-unsaturated/α-hetero) is 1. The van der Waals surface area contributed by atoms with Gasteiger partial charge in [-0.05, 0) is 55.6 Å². The quantitative estimate of drug-likeness (QED) is 0.528. The number of aliphatic hydroxyl groups excluding tert-OH is 1. The first-order valence-electron chi connectivity index (χ1n) is 12.9. The fourth-order valence-corrected chi connectivity index (χ4v) is 8.13. The maximum Gasteiger partial charge on any atom is 0.309 e. The summed E-state index contributed by atoms with van der Waals surface area (Å²) in [6, 6.07) is 0. The second kappa shape index (κ2) is 9.53. The molecule has 2 unspecified atom stereocenters. The van der Waals surface area contributed by atoms with Gasteiger partial charge in [0.1, 0.15) is 0 Å². The van der Waals surface area contributed by atoms with Gasteiger partial charge in [-0.1, -0.05) is 32.4 Å². The van der Waals surface area contributed by atoms with Crippen LogP contribution in [0.1, 0.15) is 59.8 Å². The van der Waals surface area contributed by atoms with Crippen LogP contribution in [0.15, 0.2) is 23.8 Å². The first-order chi connectivity index (χ1) is 16.9. The van der Waals surface area contributed by atoms with Crippen molar-refractivity contribution in [3.63, 3.8) is 0 Å². The molecule has 36 heavy (non-hydrogen) atoms. The lowest BCUT2D eigenvalue weighted by Gasteiger charge is -2.61. The summed E-state index contributed by atoms with van der Waals surface area (Å²) in [7, 11) is 1.49. The van der Waals surface area contributed by atoms with Gasteiger partial charge in [0.2, 0.25) is 5.78 Å². The fourth-order valence-electron chi connectivity index (χ4n) is 8.13. The first-order valence-corrected chi connectivity index (χ1v) is 12.9. The number of rotatable bonds is 7. The van der Waals surface area contributed by atoms with Crippen LogP contribution in [0.5, 0.6) is 0 Å². The Morgan fingerprint density at radius 3 is 2.61 bits per heavy atom. The first kappa shape index (κ1) is 26.7. The second-order valence-corrected chi connectivity index (χ2v) is 11.5. The van der Waals surface area contributed by atoms with Crippen LogP contribution < -0.4 is 0 Å². The number of hydrogen-bond donors (Lipinski definition) is 1. The maximum absolute atomic E-state index is 13.7. The van der Waals surface area contributed by atoms with E-state index in [1.54, 1.807) is 12.2 Å². The molecule has 0 aromatic heterocycles. The maximum atomic E-state index is 13.7. The van der Waals surface area contributed by atoms with Crippen LogP contribution in [0, 0.1) is 34.5 Å². The summed E-state index contributed by atoms with van der Waals surface area (Å²) in [6.07, 6.45) is 6.49. The SMILES string of the molecule is COCCC(=O)O[C@]1(C(=O)COC(C)=O)CC[C@H]2[C@@H]3CC(C)C4=CC(=O)C=C[C@]4(C)[C@H]3C(O)C[C@@]21C. The van der Waals surface area contributed by atoms with Crippen molar-refractivity contribution in [2.24, 2.45) is 34.5 Å². The summed E-state index contributed by atoms with van der Waals surface area (Å²) in [4.78, 5) is 50.2. The highest BCUT2D eigenvalue weighted by Gasteiger charge is 2.70. The third kappa shape index (κ3) is 4.06. The topological polar surface area (TPSA) is 116 Å². The van der Waals surface area contributed by atoms with Crippen molar-refractivity contribution < 1.29 is 38.5 Å². The van der Waals surface area contributed by atoms with Gasteiger partial charge >= 0.3 is 11.9 Å². The molecule has 8 atom stereocenters. The lowest BCUT2D eigenvalue weighted by atomic mass is 9.44. The van der Waals surface area contributed by atoms with Crippen molar-refractivity contribution in [2.75, 3.05) is 20.3 Å². The van der Waals surface area contributed by atoms with E-state index in [4.69, 9.17) is 14.2 Å². The minimum absolute atomic E-state index is 0.00344. The number of aliphatic hydroxyl groups is 1. The molecule has 0 radical (unpaired) electrons. The third-order valence-corrected chi connectivity index (χ3v) is 9.59. The largest absolute Gasteiger partial charge is 0.458 e. The zero-order valence-electron chi connectivity index (χ0n) is 21.9. The van der Waals surface area contributed by atoms with Gasteiger partial charge < -0.3 is 19.3 Å². The normalized spacial score (nSPS) is 41.0. The number of fused-ring (bicyclic) bond motifs is 5. The highest BCUT2D eigenvalue weighted by atomic mass is 16.6. The molecule has 8 nitrogen and oxygen atoms in total. The number of hydrogen-bond acceptors (Lipinski definition) is 8. The molecule has 0 amide bonds. The van der Waals surface area contributed by atoms with Crippen molar-refractivity contribution >= 4 is 23.5 Å². The Labute approximate surface area is 212 Å². The van der Waals surface area contributed by atoms with E-state index in [1.165, 1.54) is 14.0 Å². The van der Waals surface area contributed by atoms with E-state index in [1.807, 2.05) is 13.0 Å². The van der Waals surface area contributed by atoms with E-state index in [0.29, 0.717) is 12.8 Å².